The molecule has 0 heterocycles. The largest absolute Gasteiger partial charge is 0.369 e. The van der Waals surface area contributed by atoms with Crippen LogP contribution in [0.25, 0.3) is 0 Å². The summed E-state index contributed by atoms with van der Waals surface area (Å²) >= 11 is 0. The van der Waals surface area contributed by atoms with E-state index >= 15 is 0 Å². The summed E-state index contributed by atoms with van der Waals surface area (Å²) in [6.07, 6.45) is 1.38. The van der Waals surface area contributed by atoms with Gasteiger partial charge < -0.3 is 5.73 Å². The predicted octanol–water partition coefficient (Wildman–Crippen LogP) is 0.846. The minimum atomic E-state index is -0.532. The van der Waals surface area contributed by atoms with Gasteiger partial charge >= 0.3 is 0 Å². The molecule has 3 nitrogen and oxygen atoms in total. The normalized spacial score (nSPS) is 14.9. The zero-order chi connectivity index (χ0) is 10.8. The number of hydrogen-bond acceptors (Lipinski definition) is 2. The van der Waals surface area contributed by atoms with Crippen molar-refractivity contribution in [3.8, 4) is 0 Å². The monoisotopic (exact) mass is 203 g/mol. The summed E-state index contributed by atoms with van der Waals surface area (Å²) in [6.45, 7) is 0. The Labute approximate surface area is 88.3 Å². The maximum atomic E-state index is 11.6. The number of ketones is 1. The molecule has 15 heavy (non-hydrogen) atoms. The number of hydrogen-bond donors (Lipinski definition) is 1. The summed E-state index contributed by atoms with van der Waals surface area (Å²) in [4.78, 5) is 22.3. The van der Waals surface area contributed by atoms with Gasteiger partial charge in [-0.2, -0.15) is 0 Å². The lowest BCUT2D eigenvalue weighted by Crippen LogP contribution is -2.22. The molecule has 1 aromatic rings. The molecule has 3 heteroatoms. The highest BCUT2D eigenvalue weighted by molar-refractivity contribution is 5.98. The van der Waals surface area contributed by atoms with E-state index in [0.717, 1.165) is 12.8 Å². The van der Waals surface area contributed by atoms with Crippen molar-refractivity contribution in [1.29, 1.82) is 0 Å². The maximum Gasteiger partial charge on any atom is 0.224 e. The fraction of sp³-hybridized carbons (Fsp3) is 0.333. The van der Waals surface area contributed by atoms with Crippen molar-refractivity contribution in [2.24, 2.45) is 11.7 Å². The first-order valence-electron chi connectivity index (χ1n) is 5.04. The molecule has 0 bridgehead atoms. The topological polar surface area (TPSA) is 60.2 Å². The Kier molecular flexibility index (Phi) is 2.54. The summed E-state index contributed by atoms with van der Waals surface area (Å²) in [5.74, 6) is -0.607. The first-order valence-corrected chi connectivity index (χ1v) is 5.04. The molecule has 0 unspecified atom stereocenters. The van der Waals surface area contributed by atoms with E-state index in [-0.39, 0.29) is 18.1 Å². The third-order valence-electron chi connectivity index (χ3n) is 2.85. The lowest BCUT2D eigenvalue weighted by atomic mass is 9.98. The second kappa shape index (κ2) is 3.85. The van der Waals surface area contributed by atoms with Gasteiger partial charge in [0.2, 0.25) is 5.91 Å². The van der Waals surface area contributed by atoms with Gasteiger partial charge in [-0.15, -0.1) is 0 Å². The Hall–Kier alpha value is -1.64. The number of Topliss-reactive ketones (excluding diaryl/α,β-unsaturated/α-hetero) is 1. The van der Waals surface area contributed by atoms with E-state index in [1.54, 1.807) is 0 Å². The van der Waals surface area contributed by atoms with Gasteiger partial charge in [0, 0.05) is 5.92 Å². The number of primary amides is 1. The van der Waals surface area contributed by atoms with Gasteiger partial charge in [0.1, 0.15) is 5.78 Å². The zero-order valence-corrected chi connectivity index (χ0v) is 8.40. The van der Waals surface area contributed by atoms with E-state index < -0.39 is 5.91 Å². The van der Waals surface area contributed by atoms with Crippen LogP contribution in [0.4, 0.5) is 0 Å². The third-order valence-corrected chi connectivity index (χ3v) is 2.85. The summed E-state index contributed by atoms with van der Waals surface area (Å²) in [7, 11) is 0. The zero-order valence-electron chi connectivity index (χ0n) is 8.40. The third kappa shape index (κ3) is 2.06. The van der Waals surface area contributed by atoms with Crippen LogP contribution < -0.4 is 5.73 Å². The first-order chi connectivity index (χ1) is 7.16. The Morgan fingerprint density at radius 1 is 1.20 bits per heavy atom. The molecule has 0 saturated carbocycles. The minimum absolute atomic E-state index is 0.0290. The van der Waals surface area contributed by atoms with Gasteiger partial charge in [-0.3, -0.25) is 9.59 Å². The van der Waals surface area contributed by atoms with E-state index in [1.807, 2.05) is 24.3 Å². The number of amides is 1. The van der Waals surface area contributed by atoms with Crippen molar-refractivity contribution in [2.75, 3.05) is 0 Å². The lowest BCUT2D eigenvalue weighted by molar-refractivity contribution is -0.128. The number of nitrogens with two attached hydrogens (primary N) is 1. The molecule has 0 spiro atoms. The fourth-order valence-electron chi connectivity index (χ4n) is 2.10. The average molecular weight is 203 g/mol. The van der Waals surface area contributed by atoms with Crippen LogP contribution in [0.15, 0.2) is 24.3 Å². The molecule has 0 aromatic heterocycles. The van der Waals surface area contributed by atoms with E-state index in [0.29, 0.717) is 0 Å². The second-order valence-electron chi connectivity index (χ2n) is 3.98. The predicted molar refractivity (Wildman–Crippen MR) is 56.2 cm³/mol. The van der Waals surface area contributed by atoms with Crippen LogP contribution >= 0.6 is 0 Å². The molecule has 1 aliphatic carbocycles. The molecule has 0 radical (unpaired) electrons. The highest BCUT2D eigenvalue weighted by Crippen LogP contribution is 2.27. The Morgan fingerprint density at radius 2 is 1.73 bits per heavy atom. The van der Waals surface area contributed by atoms with Crippen LogP contribution in [0, 0.1) is 5.92 Å². The van der Waals surface area contributed by atoms with Crippen LogP contribution in [0.2, 0.25) is 0 Å². The van der Waals surface area contributed by atoms with Crippen molar-refractivity contribution in [1.82, 2.24) is 0 Å². The van der Waals surface area contributed by atoms with Gasteiger partial charge in [0.25, 0.3) is 0 Å². The van der Waals surface area contributed by atoms with E-state index in [9.17, 15) is 9.59 Å². The number of benzene rings is 1. The Morgan fingerprint density at radius 3 is 2.20 bits per heavy atom. The average Bonchev–Trinajstić information content (AvgIpc) is 2.59. The SMILES string of the molecule is NC(=O)CC(=O)C1Cc2ccccc2C1. The Bertz CT molecular complexity index is 387. The van der Waals surface area contributed by atoms with Crippen LogP contribution in [-0.4, -0.2) is 11.7 Å². The molecule has 0 aliphatic heterocycles. The van der Waals surface area contributed by atoms with Crippen molar-refractivity contribution < 1.29 is 9.59 Å². The molecule has 1 aromatic carbocycles. The minimum Gasteiger partial charge on any atom is -0.369 e. The number of carbonyl (C=O) groups is 2. The molecule has 2 rings (SSSR count). The van der Waals surface area contributed by atoms with Gasteiger partial charge in [-0.25, -0.2) is 0 Å². The summed E-state index contributed by atoms with van der Waals surface area (Å²) in [6, 6.07) is 8.01. The first kappa shape index (κ1) is 9.90. The van der Waals surface area contributed by atoms with Crippen molar-refractivity contribution in [3.63, 3.8) is 0 Å². The summed E-state index contributed by atoms with van der Waals surface area (Å²) < 4.78 is 0. The summed E-state index contributed by atoms with van der Waals surface area (Å²) in [5, 5.41) is 0. The standard InChI is InChI=1S/C12H13NO2/c13-12(15)7-11(14)10-5-8-3-1-2-4-9(8)6-10/h1-4,10H,5-7H2,(H2,13,15). The Balaban J connectivity index is 2.07. The molecule has 0 atom stereocenters. The molecular weight excluding hydrogens is 190 g/mol. The van der Waals surface area contributed by atoms with Crippen molar-refractivity contribution in [2.45, 2.75) is 19.3 Å². The van der Waals surface area contributed by atoms with Crippen LogP contribution in [0.1, 0.15) is 17.5 Å². The number of carbonyl (C=O) groups excluding carboxylic acids is 2. The van der Waals surface area contributed by atoms with Crippen LogP contribution in [0.3, 0.4) is 0 Å². The van der Waals surface area contributed by atoms with Crippen molar-refractivity contribution in [3.05, 3.63) is 35.4 Å². The van der Waals surface area contributed by atoms with Gasteiger partial charge in [0.15, 0.2) is 0 Å². The van der Waals surface area contributed by atoms with E-state index in [2.05, 4.69) is 0 Å². The van der Waals surface area contributed by atoms with Gasteiger partial charge in [0.05, 0.1) is 6.42 Å². The second-order valence-corrected chi connectivity index (χ2v) is 3.98. The molecular formula is C12H13NO2. The van der Waals surface area contributed by atoms with Crippen LogP contribution in [-0.2, 0) is 22.4 Å². The highest BCUT2D eigenvalue weighted by atomic mass is 16.2. The van der Waals surface area contributed by atoms with Crippen LogP contribution in [0.5, 0.6) is 0 Å². The van der Waals surface area contributed by atoms with E-state index in [1.165, 1.54) is 11.1 Å². The highest BCUT2D eigenvalue weighted by Gasteiger charge is 2.27. The molecule has 2 N–H and O–H groups in total. The molecule has 78 valence electrons. The van der Waals surface area contributed by atoms with Crippen molar-refractivity contribution >= 4 is 11.7 Å². The summed E-state index contributed by atoms with van der Waals surface area (Å²) in [5.41, 5.74) is 7.45. The number of rotatable bonds is 3. The fourth-order valence-corrected chi connectivity index (χ4v) is 2.10. The molecule has 1 aliphatic rings. The van der Waals surface area contributed by atoms with Gasteiger partial charge in [-0.1, -0.05) is 24.3 Å². The van der Waals surface area contributed by atoms with E-state index in [4.69, 9.17) is 5.73 Å². The smallest absolute Gasteiger partial charge is 0.224 e. The quantitative estimate of drug-likeness (QED) is 0.740. The lowest BCUT2D eigenvalue weighted by Gasteiger charge is -2.04. The molecule has 0 fully saturated rings. The molecule has 1 amide bonds. The number of fused-ring (bicyclic) bond motifs is 1. The molecule has 0 saturated heterocycles. The maximum absolute atomic E-state index is 11.6. The van der Waals surface area contributed by atoms with Gasteiger partial charge in [-0.05, 0) is 24.0 Å².